The van der Waals surface area contributed by atoms with E-state index in [-0.39, 0.29) is 6.04 Å². The molecular weight excluding hydrogens is 166 g/mol. The van der Waals surface area contributed by atoms with Crippen LogP contribution in [0.1, 0.15) is 19.8 Å². The summed E-state index contributed by atoms with van der Waals surface area (Å²) in [6.07, 6.45) is 5.73. The Morgan fingerprint density at radius 2 is 2.38 bits per heavy atom. The van der Waals surface area contributed by atoms with Gasteiger partial charge in [0.2, 0.25) is 0 Å². The Hall–Kier alpha value is -0.990. The van der Waals surface area contributed by atoms with Crippen LogP contribution in [0.2, 0.25) is 0 Å². The zero-order valence-electron chi connectivity index (χ0n) is 7.81. The highest BCUT2D eigenvalue weighted by atomic mass is 16.4. The lowest BCUT2D eigenvalue weighted by Gasteiger charge is -2.44. The maximum Gasteiger partial charge on any atom is 0.407 e. The molecule has 2 aliphatic heterocycles. The highest BCUT2D eigenvalue weighted by Crippen LogP contribution is 2.35. The predicted octanol–water partition coefficient (Wildman–Crippen LogP) is 1.95. The maximum atomic E-state index is 10.9. The minimum atomic E-state index is -0.766. The minimum absolute atomic E-state index is 0.146. The van der Waals surface area contributed by atoms with Crippen molar-refractivity contribution >= 4 is 6.09 Å². The summed E-state index contributed by atoms with van der Waals surface area (Å²) in [7, 11) is 0. The van der Waals surface area contributed by atoms with Crippen molar-refractivity contribution in [2.45, 2.75) is 25.8 Å². The van der Waals surface area contributed by atoms with E-state index in [0.29, 0.717) is 18.4 Å². The SMILES string of the molecule is CCC1CC2C=CC1N(C(=O)O)C2. The molecule has 3 unspecified atom stereocenters. The Morgan fingerprint density at radius 1 is 1.62 bits per heavy atom. The molecule has 0 spiro atoms. The van der Waals surface area contributed by atoms with E-state index in [1.807, 2.05) is 0 Å². The van der Waals surface area contributed by atoms with Gasteiger partial charge in [-0.3, -0.25) is 0 Å². The molecule has 2 heterocycles. The molecule has 72 valence electrons. The summed E-state index contributed by atoms with van der Waals surface area (Å²) in [5.41, 5.74) is 0. The molecule has 2 bridgehead atoms. The van der Waals surface area contributed by atoms with Gasteiger partial charge in [-0.25, -0.2) is 4.79 Å². The smallest absolute Gasteiger partial charge is 0.407 e. The van der Waals surface area contributed by atoms with E-state index < -0.39 is 6.09 Å². The largest absolute Gasteiger partial charge is 0.465 e. The van der Waals surface area contributed by atoms with Crippen molar-refractivity contribution in [3.05, 3.63) is 12.2 Å². The molecule has 0 radical (unpaired) electrons. The predicted molar refractivity (Wildman–Crippen MR) is 49.5 cm³/mol. The van der Waals surface area contributed by atoms with E-state index in [1.165, 1.54) is 6.42 Å². The first kappa shape index (κ1) is 8.60. The van der Waals surface area contributed by atoms with Crippen LogP contribution in [-0.4, -0.2) is 28.7 Å². The topological polar surface area (TPSA) is 40.5 Å². The molecule has 3 heteroatoms. The molecular formula is C10H15NO2. The van der Waals surface area contributed by atoms with Gasteiger partial charge >= 0.3 is 6.09 Å². The second-order valence-electron chi connectivity index (χ2n) is 3.97. The van der Waals surface area contributed by atoms with E-state index in [4.69, 9.17) is 5.11 Å². The number of fused-ring (bicyclic) bond motifs is 2. The van der Waals surface area contributed by atoms with Gasteiger partial charge < -0.3 is 10.0 Å². The average molecular weight is 181 g/mol. The van der Waals surface area contributed by atoms with Gasteiger partial charge in [0.05, 0.1) is 6.04 Å². The summed E-state index contributed by atoms with van der Waals surface area (Å²) in [4.78, 5) is 12.5. The van der Waals surface area contributed by atoms with Crippen LogP contribution in [0.4, 0.5) is 4.79 Å². The number of carbonyl (C=O) groups is 1. The van der Waals surface area contributed by atoms with Crippen molar-refractivity contribution in [1.82, 2.24) is 4.90 Å². The number of carboxylic acid groups (broad SMARTS) is 1. The highest BCUT2D eigenvalue weighted by molar-refractivity contribution is 5.66. The zero-order valence-corrected chi connectivity index (χ0v) is 7.81. The first-order valence-electron chi connectivity index (χ1n) is 4.90. The van der Waals surface area contributed by atoms with E-state index in [9.17, 15) is 4.79 Å². The fourth-order valence-corrected chi connectivity index (χ4v) is 2.52. The Bertz CT molecular complexity index is 249. The van der Waals surface area contributed by atoms with Gasteiger partial charge in [-0.05, 0) is 18.3 Å². The van der Waals surface area contributed by atoms with Gasteiger partial charge in [0.1, 0.15) is 0 Å². The fraction of sp³-hybridized carbons (Fsp3) is 0.700. The molecule has 3 nitrogen and oxygen atoms in total. The first-order chi connectivity index (χ1) is 6.22. The summed E-state index contributed by atoms with van der Waals surface area (Å²) in [5.74, 6) is 1.01. The summed E-state index contributed by atoms with van der Waals surface area (Å²) in [5, 5.41) is 8.97. The van der Waals surface area contributed by atoms with Crippen LogP contribution in [0.5, 0.6) is 0 Å². The third kappa shape index (κ3) is 1.32. The van der Waals surface area contributed by atoms with Crippen molar-refractivity contribution in [3.63, 3.8) is 0 Å². The quantitative estimate of drug-likeness (QED) is 0.628. The van der Waals surface area contributed by atoms with Gasteiger partial charge in [-0.1, -0.05) is 25.5 Å². The van der Waals surface area contributed by atoms with Gasteiger partial charge in [0.25, 0.3) is 0 Å². The third-order valence-corrected chi connectivity index (χ3v) is 3.23. The molecule has 1 fully saturated rings. The van der Waals surface area contributed by atoms with E-state index in [0.717, 1.165) is 6.42 Å². The molecule has 1 aliphatic carbocycles. The molecule has 3 aliphatic rings. The monoisotopic (exact) mass is 181 g/mol. The lowest BCUT2D eigenvalue weighted by molar-refractivity contribution is 0.0716. The Morgan fingerprint density at radius 3 is 2.92 bits per heavy atom. The van der Waals surface area contributed by atoms with Crippen LogP contribution in [0.15, 0.2) is 12.2 Å². The van der Waals surface area contributed by atoms with Crippen LogP contribution in [0.25, 0.3) is 0 Å². The molecule has 1 amide bonds. The number of hydrogen-bond donors (Lipinski definition) is 1. The molecule has 0 aromatic heterocycles. The summed E-state index contributed by atoms with van der Waals surface area (Å²) in [6.45, 7) is 2.84. The van der Waals surface area contributed by atoms with Crippen LogP contribution in [0, 0.1) is 11.8 Å². The maximum absolute atomic E-state index is 10.9. The summed E-state index contributed by atoms with van der Waals surface area (Å²) >= 11 is 0. The van der Waals surface area contributed by atoms with Gasteiger partial charge in [-0.2, -0.15) is 0 Å². The number of piperidine rings is 1. The lowest BCUT2D eigenvalue weighted by atomic mass is 9.77. The molecule has 0 saturated carbocycles. The number of rotatable bonds is 1. The van der Waals surface area contributed by atoms with Crippen molar-refractivity contribution in [2.24, 2.45) is 11.8 Å². The minimum Gasteiger partial charge on any atom is -0.465 e. The van der Waals surface area contributed by atoms with Crippen LogP contribution >= 0.6 is 0 Å². The first-order valence-corrected chi connectivity index (χ1v) is 4.90. The highest BCUT2D eigenvalue weighted by Gasteiger charge is 2.38. The van der Waals surface area contributed by atoms with Crippen LogP contribution in [0.3, 0.4) is 0 Å². The zero-order chi connectivity index (χ0) is 9.42. The number of nitrogens with zero attached hydrogens (tertiary/aromatic N) is 1. The van der Waals surface area contributed by atoms with Gasteiger partial charge in [0, 0.05) is 6.54 Å². The van der Waals surface area contributed by atoms with Crippen molar-refractivity contribution in [3.8, 4) is 0 Å². The van der Waals surface area contributed by atoms with Crippen molar-refractivity contribution in [1.29, 1.82) is 0 Å². The van der Waals surface area contributed by atoms with E-state index in [2.05, 4.69) is 19.1 Å². The fourth-order valence-electron chi connectivity index (χ4n) is 2.52. The normalized spacial score (nSPS) is 36.7. The molecule has 0 aromatic rings. The molecule has 3 atom stereocenters. The average Bonchev–Trinajstić information content (AvgIpc) is 2.18. The molecule has 0 aromatic carbocycles. The molecule has 1 N–H and O–H groups in total. The van der Waals surface area contributed by atoms with Crippen LogP contribution < -0.4 is 0 Å². The molecule has 1 saturated heterocycles. The van der Waals surface area contributed by atoms with Crippen LogP contribution in [-0.2, 0) is 0 Å². The lowest BCUT2D eigenvalue weighted by Crippen LogP contribution is -2.52. The Balaban J connectivity index is 2.19. The second kappa shape index (κ2) is 3.05. The summed E-state index contributed by atoms with van der Waals surface area (Å²) < 4.78 is 0. The van der Waals surface area contributed by atoms with Crippen molar-refractivity contribution < 1.29 is 9.90 Å². The number of amides is 1. The summed E-state index contributed by atoms with van der Waals surface area (Å²) in [6, 6.07) is 0.146. The standard InChI is InChI=1S/C10H15NO2/c1-2-8-5-7-3-4-9(8)11(6-7)10(12)13/h3-4,7-9H,2,5-6H2,1H3,(H,12,13). The van der Waals surface area contributed by atoms with E-state index >= 15 is 0 Å². The van der Waals surface area contributed by atoms with Gasteiger partial charge in [-0.15, -0.1) is 0 Å². The van der Waals surface area contributed by atoms with Gasteiger partial charge in [0.15, 0.2) is 0 Å². The number of hydrogen-bond acceptors (Lipinski definition) is 1. The second-order valence-corrected chi connectivity index (χ2v) is 3.97. The van der Waals surface area contributed by atoms with Crippen molar-refractivity contribution in [2.75, 3.05) is 6.54 Å². The molecule has 3 rings (SSSR count). The Kier molecular flexibility index (Phi) is 2.02. The Labute approximate surface area is 78.0 Å². The molecule has 13 heavy (non-hydrogen) atoms. The van der Waals surface area contributed by atoms with E-state index in [1.54, 1.807) is 4.90 Å². The third-order valence-electron chi connectivity index (χ3n) is 3.23.